The third-order valence-corrected chi connectivity index (χ3v) is 6.56. The molecule has 0 atom stereocenters. The highest BCUT2D eigenvalue weighted by Crippen LogP contribution is 2.15. The highest BCUT2D eigenvalue weighted by atomic mass is 16.4. The van der Waals surface area contributed by atoms with E-state index < -0.39 is 42.0 Å². The van der Waals surface area contributed by atoms with Crippen LogP contribution in [-0.4, -0.2) is 63.9 Å². The molecule has 0 heterocycles. The van der Waals surface area contributed by atoms with Crippen molar-refractivity contribution in [3.63, 3.8) is 0 Å². The standard InChI is InChI=1S/C28H51NO6/c1-2-3-4-5-6-7-8-9-10-11-12-13-14-15-16-17-18-19-20-21-22-29(23-26(30)31,24-27(32)33)25-28(34)35/h7-8H,2-6,9-25H2,1H3,(H2-,30,31,32,33,34,35)/p+1/b8-7+. The zero-order valence-corrected chi connectivity index (χ0v) is 22.2. The van der Waals surface area contributed by atoms with E-state index in [1.165, 1.54) is 89.9 Å². The van der Waals surface area contributed by atoms with Gasteiger partial charge in [-0.15, -0.1) is 0 Å². The molecular formula is C28H52NO6+. The smallest absolute Gasteiger partial charge is 0.359 e. The second-order valence-electron chi connectivity index (χ2n) is 10.1. The summed E-state index contributed by atoms with van der Waals surface area (Å²) in [5.74, 6) is -3.51. The number of allylic oxidation sites excluding steroid dienone is 2. The molecule has 7 nitrogen and oxygen atoms in total. The molecule has 0 fully saturated rings. The molecule has 0 aromatic carbocycles. The van der Waals surface area contributed by atoms with Crippen LogP contribution in [0, 0.1) is 0 Å². The van der Waals surface area contributed by atoms with Crippen LogP contribution in [0.5, 0.6) is 0 Å². The van der Waals surface area contributed by atoms with Gasteiger partial charge in [-0.1, -0.05) is 96.1 Å². The van der Waals surface area contributed by atoms with Crippen molar-refractivity contribution in [3.05, 3.63) is 12.2 Å². The summed E-state index contributed by atoms with van der Waals surface area (Å²) in [4.78, 5) is 33.5. The molecule has 7 heteroatoms. The van der Waals surface area contributed by atoms with Gasteiger partial charge in [-0.05, 0) is 38.5 Å². The normalized spacial score (nSPS) is 11.8. The number of nitrogens with zero attached hydrogens (tertiary/aromatic N) is 1. The molecule has 0 radical (unpaired) electrons. The molecule has 0 bridgehead atoms. The summed E-state index contributed by atoms with van der Waals surface area (Å²) in [6.07, 6.45) is 26.4. The Balaban J connectivity index is 3.71. The largest absolute Gasteiger partial charge is 0.477 e. The first-order valence-corrected chi connectivity index (χ1v) is 14.0. The van der Waals surface area contributed by atoms with Crippen LogP contribution in [0.15, 0.2) is 12.2 Å². The van der Waals surface area contributed by atoms with E-state index in [2.05, 4.69) is 19.1 Å². The molecule has 0 aliphatic rings. The van der Waals surface area contributed by atoms with Gasteiger partial charge in [0.25, 0.3) is 0 Å². The lowest BCUT2D eigenvalue weighted by Gasteiger charge is -2.34. The van der Waals surface area contributed by atoms with Gasteiger partial charge in [0.05, 0.1) is 6.54 Å². The van der Waals surface area contributed by atoms with Crippen molar-refractivity contribution in [1.29, 1.82) is 0 Å². The number of carboxylic acids is 3. The Labute approximate surface area is 213 Å². The minimum absolute atomic E-state index is 0.264. The number of rotatable bonds is 26. The summed E-state index contributed by atoms with van der Waals surface area (Å²) in [6.45, 7) is 1.08. The number of hydrogen-bond donors (Lipinski definition) is 3. The Kier molecular flexibility index (Phi) is 21.3. The molecule has 35 heavy (non-hydrogen) atoms. The first-order valence-electron chi connectivity index (χ1n) is 14.0. The van der Waals surface area contributed by atoms with Crippen molar-refractivity contribution < 1.29 is 34.2 Å². The zero-order chi connectivity index (χ0) is 26.2. The fourth-order valence-electron chi connectivity index (χ4n) is 4.67. The second-order valence-corrected chi connectivity index (χ2v) is 10.1. The summed E-state index contributed by atoms with van der Waals surface area (Å²) in [6, 6.07) is 0. The van der Waals surface area contributed by atoms with Gasteiger partial charge < -0.3 is 15.3 Å². The highest BCUT2D eigenvalue weighted by Gasteiger charge is 2.35. The first kappa shape index (κ1) is 33.1. The minimum Gasteiger partial charge on any atom is -0.477 e. The van der Waals surface area contributed by atoms with E-state index in [1.807, 2.05) is 0 Å². The molecule has 0 amide bonds. The average molecular weight is 499 g/mol. The van der Waals surface area contributed by atoms with Crippen molar-refractivity contribution in [2.45, 2.75) is 122 Å². The maximum Gasteiger partial charge on any atom is 0.359 e. The molecule has 3 N–H and O–H groups in total. The van der Waals surface area contributed by atoms with E-state index in [4.69, 9.17) is 15.3 Å². The molecule has 0 aromatic heterocycles. The van der Waals surface area contributed by atoms with Gasteiger partial charge in [0.2, 0.25) is 0 Å². The van der Waals surface area contributed by atoms with E-state index >= 15 is 0 Å². The van der Waals surface area contributed by atoms with Crippen LogP contribution in [0.3, 0.4) is 0 Å². The lowest BCUT2D eigenvalue weighted by atomic mass is 10.0. The Morgan fingerprint density at radius 2 is 0.829 bits per heavy atom. The summed E-state index contributed by atoms with van der Waals surface area (Å²) in [7, 11) is 0. The van der Waals surface area contributed by atoms with E-state index in [-0.39, 0.29) is 6.54 Å². The summed E-state index contributed by atoms with van der Waals surface area (Å²) in [5.41, 5.74) is 0. The number of quaternary nitrogens is 1. The van der Waals surface area contributed by atoms with Gasteiger partial charge in [-0.3, -0.25) is 4.48 Å². The third kappa shape index (κ3) is 22.3. The predicted molar refractivity (Wildman–Crippen MR) is 141 cm³/mol. The quantitative estimate of drug-likeness (QED) is 0.0699. The number of aliphatic carboxylic acids is 3. The maximum atomic E-state index is 11.2. The lowest BCUT2D eigenvalue weighted by Crippen LogP contribution is -2.57. The molecular weight excluding hydrogens is 446 g/mol. The molecule has 204 valence electrons. The molecule has 0 aromatic rings. The minimum atomic E-state index is -1.17. The molecule has 0 unspecified atom stereocenters. The Hall–Kier alpha value is -1.89. The number of unbranched alkanes of at least 4 members (excludes halogenated alkanes) is 16. The van der Waals surface area contributed by atoms with E-state index in [9.17, 15) is 14.4 Å². The van der Waals surface area contributed by atoms with Crippen LogP contribution in [0.2, 0.25) is 0 Å². The number of hydrogen-bond acceptors (Lipinski definition) is 3. The van der Waals surface area contributed by atoms with Gasteiger partial charge >= 0.3 is 17.9 Å². The second kappa shape index (κ2) is 22.6. The van der Waals surface area contributed by atoms with E-state index in [1.54, 1.807) is 0 Å². The van der Waals surface area contributed by atoms with Crippen LogP contribution in [-0.2, 0) is 14.4 Å². The van der Waals surface area contributed by atoms with Crippen LogP contribution >= 0.6 is 0 Å². The van der Waals surface area contributed by atoms with Crippen LogP contribution in [0.1, 0.15) is 122 Å². The molecule has 0 aliphatic heterocycles. The topological polar surface area (TPSA) is 112 Å². The highest BCUT2D eigenvalue weighted by molar-refractivity contribution is 5.73. The van der Waals surface area contributed by atoms with Gasteiger partial charge in [0, 0.05) is 0 Å². The Morgan fingerprint density at radius 3 is 1.17 bits per heavy atom. The molecule has 0 saturated carbocycles. The van der Waals surface area contributed by atoms with Gasteiger partial charge in [0.15, 0.2) is 19.6 Å². The Bertz CT molecular complexity index is 549. The predicted octanol–water partition coefficient (Wildman–Crippen LogP) is 6.65. The fourth-order valence-corrected chi connectivity index (χ4v) is 4.67. The van der Waals surface area contributed by atoms with Crippen molar-refractivity contribution in [2.75, 3.05) is 26.2 Å². The zero-order valence-electron chi connectivity index (χ0n) is 22.2. The lowest BCUT2D eigenvalue weighted by molar-refractivity contribution is -0.907. The SMILES string of the molecule is CCCCCC/C=C/CCCCCCCCCCCCCC[N+](CC(=O)O)(CC(=O)O)CC(=O)O. The van der Waals surface area contributed by atoms with Gasteiger partial charge in [0.1, 0.15) is 0 Å². The van der Waals surface area contributed by atoms with Crippen LogP contribution in [0.25, 0.3) is 0 Å². The van der Waals surface area contributed by atoms with Crippen molar-refractivity contribution >= 4 is 17.9 Å². The van der Waals surface area contributed by atoms with Crippen LogP contribution < -0.4 is 0 Å². The molecule has 0 spiro atoms. The molecule has 0 aliphatic carbocycles. The maximum absolute atomic E-state index is 11.2. The number of carboxylic acid groups (broad SMARTS) is 3. The van der Waals surface area contributed by atoms with Crippen molar-refractivity contribution in [1.82, 2.24) is 0 Å². The fraction of sp³-hybridized carbons (Fsp3) is 0.821. The summed E-state index contributed by atoms with van der Waals surface area (Å²) >= 11 is 0. The third-order valence-electron chi connectivity index (χ3n) is 6.56. The summed E-state index contributed by atoms with van der Waals surface area (Å²) in [5, 5.41) is 27.4. The number of carbonyl (C=O) groups is 3. The van der Waals surface area contributed by atoms with E-state index in [0.29, 0.717) is 6.42 Å². The van der Waals surface area contributed by atoms with Gasteiger partial charge in [-0.2, -0.15) is 0 Å². The average Bonchev–Trinajstić information content (AvgIpc) is 2.76. The van der Waals surface area contributed by atoms with E-state index in [0.717, 1.165) is 19.3 Å². The molecule has 0 saturated heterocycles. The monoisotopic (exact) mass is 498 g/mol. The van der Waals surface area contributed by atoms with Crippen molar-refractivity contribution in [3.8, 4) is 0 Å². The van der Waals surface area contributed by atoms with Gasteiger partial charge in [-0.25, -0.2) is 14.4 Å². The van der Waals surface area contributed by atoms with Crippen molar-refractivity contribution in [2.24, 2.45) is 0 Å². The Morgan fingerprint density at radius 1 is 0.514 bits per heavy atom. The van der Waals surface area contributed by atoms with Crippen LogP contribution in [0.4, 0.5) is 0 Å². The molecule has 0 rings (SSSR count). The summed E-state index contributed by atoms with van der Waals surface area (Å²) < 4.78 is -0.435. The first-order chi connectivity index (χ1) is 16.8.